The minimum atomic E-state index is -0.387. The lowest BCUT2D eigenvalue weighted by Crippen LogP contribution is -2.38. The number of benzene rings is 1. The fourth-order valence-corrected chi connectivity index (χ4v) is 3.49. The van der Waals surface area contributed by atoms with E-state index in [9.17, 15) is 9.59 Å². The van der Waals surface area contributed by atoms with Gasteiger partial charge >= 0.3 is 5.69 Å². The number of carbonyl (C=O) groups excluding carboxylic acids is 1. The molecule has 1 aromatic carbocycles. The Morgan fingerprint density at radius 1 is 1.44 bits per heavy atom. The van der Waals surface area contributed by atoms with Gasteiger partial charge in [0.25, 0.3) is 6.01 Å². The lowest BCUT2D eigenvalue weighted by atomic mass is 9.94. The molecule has 3 heterocycles. The number of hydrogen-bond donors (Lipinski definition) is 3. The number of rotatable bonds is 5. The smallest absolute Gasteiger partial charge is 0.340 e. The second-order valence-electron chi connectivity index (χ2n) is 6.67. The highest BCUT2D eigenvalue weighted by Gasteiger charge is 2.25. The highest BCUT2D eigenvalue weighted by Crippen LogP contribution is 2.28. The summed E-state index contributed by atoms with van der Waals surface area (Å²) in [6.07, 6.45) is 2.33. The van der Waals surface area contributed by atoms with Gasteiger partial charge in [-0.05, 0) is 30.9 Å². The summed E-state index contributed by atoms with van der Waals surface area (Å²) >= 11 is 6.00. The Hall–Kier alpha value is -2.81. The molecule has 1 aliphatic heterocycles. The van der Waals surface area contributed by atoms with Crippen LogP contribution in [0.1, 0.15) is 25.1 Å². The van der Waals surface area contributed by atoms with E-state index < -0.39 is 0 Å². The summed E-state index contributed by atoms with van der Waals surface area (Å²) in [5.74, 6) is 0.536. The number of piperidine rings is 1. The molecular weight excluding hydrogens is 372 g/mol. The third-order valence-corrected chi connectivity index (χ3v) is 4.84. The van der Waals surface area contributed by atoms with Gasteiger partial charge in [0, 0.05) is 30.6 Å². The van der Waals surface area contributed by atoms with Gasteiger partial charge in [0.1, 0.15) is 11.3 Å². The molecule has 10 heteroatoms. The van der Waals surface area contributed by atoms with Gasteiger partial charge < -0.3 is 14.6 Å². The third-order valence-electron chi connectivity index (χ3n) is 4.61. The molecule has 3 aromatic rings. The van der Waals surface area contributed by atoms with Crippen molar-refractivity contribution in [1.82, 2.24) is 25.5 Å². The molecule has 1 fully saturated rings. The summed E-state index contributed by atoms with van der Waals surface area (Å²) in [6, 6.07) is 5.93. The van der Waals surface area contributed by atoms with Crippen LogP contribution in [0.3, 0.4) is 0 Å². The van der Waals surface area contributed by atoms with Crippen LogP contribution in [0.5, 0.6) is 0 Å². The number of aromatic nitrogens is 4. The van der Waals surface area contributed by atoms with Crippen molar-refractivity contribution in [1.29, 1.82) is 0 Å². The number of amides is 1. The van der Waals surface area contributed by atoms with Crippen molar-refractivity contribution in [2.75, 3.05) is 18.0 Å². The standard InChI is InChI=1S/C17H19ClN6O3/c18-11-3-4-12-13(7-11)27-17(20-12)24-5-1-2-10(9-24)6-15(25)19-8-14-21-16(26)23-22-14/h3-4,7,10H,1-2,5-6,8-9H2,(H,19,25)(H2,21,22,23,26). The first kappa shape index (κ1) is 17.6. The Labute approximate surface area is 159 Å². The van der Waals surface area contributed by atoms with Crippen LogP contribution in [-0.4, -0.2) is 39.2 Å². The van der Waals surface area contributed by atoms with Gasteiger partial charge in [0.05, 0.1) is 6.54 Å². The number of nitrogens with one attached hydrogen (secondary N) is 3. The average molecular weight is 391 g/mol. The highest BCUT2D eigenvalue weighted by atomic mass is 35.5. The molecule has 2 aromatic heterocycles. The molecule has 1 unspecified atom stereocenters. The zero-order chi connectivity index (χ0) is 18.8. The number of carbonyl (C=O) groups is 1. The Bertz CT molecular complexity index is 1010. The van der Waals surface area contributed by atoms with Crippen molar-refractivity contribution in [2.24, 2.45) is 5.92 Å². The summed E-state index contributed by atoms with van der Waals surface area (Å²) < 4.78 is 5.83. The Kier molecular flexibility index (Phi) is 4.85. The molecule has 27 heavy (non-hydrogen) atoms. The van der Waals surface area contributed by atoms with E-state index in [1.54, 1.807) is 12.1 Å². The number of anilines is 1. The van der Waals surface area contributed by atoms with Crippen molar-refractivity contribution in [3.8, 4) is 0 Å². The SMILES string of the molecule is O=C(CC1CCCN(c2nc3ccc(Cl)cc3o2)C1)NCc1n[nH]c(=O)[nH]1. The first-order chi connectivity index (χ1) is 13.1. The average Bonchev–Trinajstić information content (AvgIpc) is 3.26. The number of oxazole rings is 1. The van der Waals surface area contributed by atoms with E-state index in [4.69, 9.17) is 16.0 Å². The lowest BCUT2D eigenvalue weighted by molar-refractivity contribution is -0.122. The molecule has 1 aliphatic rings. The first-order valence-electron chi connectivity index (χ1n) is 8.78. The summed E-state index contributed by atoms with van der Waals surface area (Å²) in [5.41, 5.74) is 1.04. The van der Waals surface area contributed by atoms with Crippen LogP contribution in [0.25, 0.3) is 11.1 Å². The van der Waals surface area contributed by atoms with Crippen LogP contribution in [0, 0.1) is 5.92 Å². The molecule has 3 N–H and O–H groups in total. The van der Waals surface area contributed by atoms with E-state index in [0.717, 1.165) is 24.9 Å². The molecule has 142 valence electrons. The quantitative estimate of drug-likeness (QED) is 0.611. The Morgan fingerprint density at radius 3 is 3.15 bits per heavy atom. The summed E-state index contributed by atoms with van der Waals surface area (Å²) in [4.78, 5) is 32.3. The summed E-state index contributed by atoms with van der Waals surface area (Å²) in [6.45, 7) is 1.74. The number of hydrogen-bond acceptors (Lipinski definition) is 6. The highest BCUT2D eigenvalue weighted by molar-refractivity contribution is 6.31. The van der Waals surface area contributed by atoms with Crippen LogP contribution in [0.15, 0.2) is 27.4 Å². The lowest BCUT2D eigenvalue weighted by Gasteiger charge is -2.31. The largest absolute Gasteiger partial charge is 0.423 e. The molecule has 4 rings (SSSR count). The maximum atomic E-state index is 12.2. The Morgan fingerprint density at radius 2 is 2.33 bits per heavy atom. The van der Waals surface area contributed by atoms with Crippen LogP contribution < -0.4 is 15.9 Å². The maximum absolute atomic E-state index is 12.2. The summed E-state index contributed by atoms with van der Waals surface area (Å²) in [7, 11) is 0. The number of fused-ring (bicyclic) bond motifs is 1. The number of halogens is 1. The van der Waals surface area contributed by atoms with Crippen LogP contribution in [0.4, 0.5) is 6.01 Å². The minimum Gasteiger partial charge on any atom is -0.423 e. The molecule has 0 saturated carbocycles. The molecule has 9 nitrogen and oxygen atoms in total. The van der Waals surface area contributed by atoms with Crippen molar-refractivity contribution >= 4 is 34.6 Å². The monoisotopic (exact) mass is 390 g/mol. The topological polar surface area (TPSA) is 120 Å². The predicted molar refractivity (Wildman–Crippen MR) is 99.6 cm³/mol. The number of nitrogens with zero attached hydrogens (tertiary/aromatic N) is 3. The van der Waals surface area contributed by atoms with Crippen molar-refractivity contribution in [2.45, 2.75) is 25.8 Å². The third kappa shape index (κ3) is 4.13. The van der Waals surface area contributed by atoms with Gasteiger partial charge in [-0.25, -0.2) is 9.89 Å². The second-order valence-corrected chi connectivity index (χ2v) is 7.10. The fourth-order valence-electron chi connectivity index (χ4n) is 3.33. The van der Waals surface area contributed by atoms with E-state index in [2.05, 4.69) is 30.4 Å². The molecule has 1 saturated heterocycles. The van der Waals surface area contributed by atoms with E-state index in [1.165, 1.54) is 0 Å². The van der Waals surface area contributed by atoms with Gasteiger partial charge in [-0.1, -0.05) is 11.6 Å². The van der Waals surface area contributed by atoms with Crippen molar-refractivity contribution < 1.29 is 9.21 Å². The zero-order valence-corrected chi connectivity index (χ0v) is 15.3. The van der Waals surface area contributed by atoms with Crippen LogP contribution in [0.2, 0.25) is 5.02 Å². The second kappa shape index (κ2) is 7.43. The van der Waals surface area contributed by atoms with Gasteiger partial charge in [-0.15, -0.1) is 0 Å². The van der Waals surface area contributed by atoms with Crippen molar-refractivity contribution in [3.05, 3.63) is 39.5 Å². The molecule has 0 aliphatic carbocycles. The molecule has 0 bridgehead atoms. The van der Waals surface area contributed by atoms with Crippen LogP contribution in [-0.2, 0) is 11.3 Å². The Balaban J connectivity index is 1.35. The van der Waals surface area contributed by atoms with Gasteiger partial charge in [-0.3, -0.25) is 9.78 Å². The molecule has 0 radical (unpaired) electrons. The number of H-pyrrole nitrogens is 2. The molecule has 0 spiro atoms. The van der Waals surface area contributed by atoms with E-state index in [0.29, 0.717) is 35.4 Å². The van der Waals surface area contributed by atoms with Gasteiger partial charge in [-0.2, -0.15) is 10.1 Å². The van der Waals surface area contributed by atoms with Crippen molar-refractivity contribution in [3.63, 3.8) is 0 Å². The van der Waals surface area contributed by atoms with Gasteiger partial charge in [0.15, 0.2) is 5.58 Å². The van der Waals surface area contributed by atoms with Crippen LogP contribution >= 0.6 is 11.6 Å². The van der Waals surface area contributed by atoms with E-state index >= 15 is 0 Å². The molecular formula is C17H19ClN6O3. The normalized spacial score (nSPS) is 17.4. The van der Waals surface area contributed by atoms with E-state index in [1.807, 2.05) is 6.07 Å². The summed E-state index contributed by atoms with van der Waals surface area (Å²) in [5, 5.41) is 9.42. The van der Waals surface area contributed by atoms with Gasteiger partial charge in [0.2, 0.25) is 5.91 Å². The maximum Gasteiger partial charge on any atom is 0.340 e. The first-order valence-corrected chi connectivity index (χ1v) is 9.16. The fraction of sp³-hybridized carbons (Fsp3) is 0.412. The van der Waals surface area contributed by atoms with E-state index in [-0.39, 0.29) is 24.1 Å². The minimum absolute atomic E-state index is 0.0740. The molecule has 1 amide bonds. The predicted octanol–water partition coefficient (Wildman–Crippen LogP) is 1.82. The molecule has 1 atom stereocenters. The zero-order valence-electron chi connectivity index (χ0n) is 14.5. The number of aromatic amines is 2.